The predicted octanol–water partition coefficient (Wildman–Crippen LogP) is 1.91. The lowest BCUT2D eigenvalue weighted by Crippen LogP contribution is -2.06. The molecule has 0 unspecified atom stereocenters. The number of thiazole rings is 1. The summed E-state index contributed by atoms with van der Waals surface area (Å²) in [5.41, 5.74) is 3.25. The number of rotatable bonds is 2. The molecular formula is C12H11N3OS. The Labute approximate surface area is 102 Å². The summed E-state index contributed by atoms with van der Waals surface area (Å²) in [4.78, 5) is 18.7. The van der Waals surface area contributed by atoms with Crippen LogP contribution in [-0.4, -0.2) is 14.5 Å². The third-order valence-electron chi connectivity index (χ3n) is 2.81. The van der Waals surface area contributed by atoms with Gasteiger partial charge in [-0.25, -0.2) is 4.98 Å². The first-order chi connectivity index (χ1) is 8.24. The lowest BCUT2D eigenvalue weighted by atomic mass is 10.1. The van der Waals surface area contributed by atoms with Gasteiger partial charge in [-0.1, -0.05) is 17.4 Å². The van der Waals surface area contributed by atoms with Crippen molar-refractivity contribution in [3.63, 3.8) is 0 Å². The van der Waals surface area contributed by atoms with Gasteiger partial charge in [0.15, 0.2) is 0 Å². The van der Waals surface area contributed by atoms with E-state index < -0.39 is 0 Å². The fraction of sp³-hybridized carbons (Fsp3) is 0.167. The number of H-pyrrole nitrogens is 1. The second kappa shape index (κ2) is 3.85. The second-order valence-electron chi connectivity index (χ2n) is 3.98. The van der Waals surface area contributed by atoms with Gasteiger partial charge in [0, 0.05) is 25.4 Å². The fourth-order valence-electron chi connectivity index (χ4n) is 1.89. The van der Waals surface area contributed by atoms with E-state index in [0.717, 1.165) is 22.3 Å². The number of benzene rings is 1. The maximum absolute atomic E-state index is 11.5. The normalized spacial score (nSPS) is 11.1. The number of hydrogen-bond donors (Lipinski definition) is 1. The van der Waals surface area contributed by atoms with Crippen molar-refractivity contribution in [2.75, 3.05) is 0 Å². The van der Waals surface area contributed by atoms with Gasteiger partial charge in [0.25, 0.3) is 0 Å². The van der Waals surface area contributed by atoms with Gasteiger partial charge in [-0.05, 0) is 17.7 Å². The molecule has 1 N–H and O–H groups in total. The maximum atomic E-state index is 11.5. The van der Waals surface area contributed by atoms with Crippen LogP contribution in [0.4, 0.5) is 0 Å². The van der Waals surface area contributed by atoms with Crippen LogP contribution < -0.4 is 4.87 Å². The summed E-state index contributed by atoms with van der Waals surface area (Å²) in [6.45, 7) is 0. The molecule has 3 aromatic rings. The highest BCUT2D eigenvalue weighted by Crippen LogP contribution is 2.19. The average Bonchev–Trinajstić information content (AvgIpc) is 2.89. The minimum atomic E-state index is 0.0821. The fourth-order valence-corrected chi connectivity index (χ4v) is 2.83. The van der Waals surface area contributed by atoms with Crippen LogP contribution in [0.25, 0.3) is 10.2 Å². The van der Waals surface area contributed by atoms with E-state index in [1.54, 1.807) is 17.9 Å². The Hall–Kier alpha value is -1.88. The predicted molar refractivity (Wildman–Crippen MR) is 68.5 cm³/mol. The van der Waals surface area contributed by atoms with Gasteiger partial charge in [-0.3, -0.25) is 4.79 Å². The molecule has 4 nitrogen and oxygen atoms in total. The van der Waals surface area contributed by atoms with Crippen molar-refractivity contribution in [1.29, 1.82) is 0 Å². The SMILES string of the molecule is Cn1c(=O)sc2cc(Cc3cnc[nH]3)ccc21. The Morgan fingerprint density at radius 2 is 2.35 bits per heavy atom. The number of aromatic nitrogens is 3. The Balaban J connectivity index is 2.05. The molecule has 17 heavy (non-hydrogen) atoms. The molecule has 86 valence electrons. The zero-order chi connectivity index (χ0) is 11.8. The third kappa shape index (κ3) is 1.78. The molecular weight excluding hydrogens is 234 g/mol. The van der Waals surface area contributed by atoms with Crippen molar-refractivity contribution >= 4 is 21.6 Å². The quantitative estimate of drug-likeness (QED) is 0.750. The van der Waals surface area contributed by atoms with Gasteiger partial charge in [0.05, 0.1) is 16.5 Å². The van der Waals surface area contributed by atoms with Crippen LogP contribution in [0.3, 0.4) is 0 Å². The van der Waals surface area contributed by atoms with Gasteiger partial charge in [0.2, 0.25) is 0 Å². The van der Waals surface area contributed by atoms with Crippen molar-refractivity contribution in [1.82, 2.24) is 14.5 Å². The summed E-state index contributed by atoms with van der Waals surface area (Å²) < 4.78 is 2.72. The number of aromatic amines is 1. The molecule has 5 heteroatoms. The Morgan fingerprint density at radius 1 is 1.47 bits per heavy atom. The molecule has 2 heterocycles. The number of imidazole rings is 1. The van der Waals surface area contributed by atoms with Crippen LogP contribution in [0, 0.1) is 0 Å². The lowest BCUT2D eigenvalue weighted by Gasteiger charge is -1.99. The molecule has 1 aromatic carbocycles. The number of nitrogens with one attached hydrogen (secondary N) is 1. The molecule has 0 bridgehead atoms. The van der Waals surface area contributed by atoms with E-state index in [4.69, 9.17) is 0 Å². The van der Waals surface area contributed by atoms with Crippen LogP contribution in [0.5, 0.6) is 0 Å². The molecule has 0 aliphatic rings. The van der Waals surface area contributed by atoms with E-state index in [1.807, 2.05) is 12.3 Å². The molecule has 0 fully saturated rings. The average molecular weight is 245 g/mol. The van der Waals surface area contributed by atoms with Gasteiger partial charge < -0.3 is 9.55 Å². The van der Waals surface area contributed by atoms with Crippen LogP contribution >= 0.6 is 11.3 Å². The number of hydrogen-bond acceptors (Lipinski definition) is 3. The molecule has 0 saturated heterocycles. The lowest BCUT2D eigenvalue weighted by molar-refractivity contribution is 0.938. The molecule has 0 radical (unpaired) electrons. The summed E-state index contributed by atoms with van der Waals surface area (Å²) in [7, 11) is 1.80. The van der Waals surface area contributed by atoms with Crippen LogP contribution in [0.15, 0.2) is 35.5 Å². The first-order valence-electron chi connectivity index (χ1n) is 5.30. The van der Waals surface area contributed by atoms with Crippen molar-refractivity contribution in [3.05, 3.63) is 51.6 Å². The second-order valence-corrected chi connectivity index (χ2v) is 4.98. The van der Waals surface area contributed by atoms with E-state index >= 15 is 0 Å². The highest BCUT2D eigenvalue weighted by molar-refractivity contribution is 7.16. The molecule has 0 spiro atoms. The topological polar surface area (TPSA) is 50.7 Å². The van der Waals surface area contributed by atoms with Crippen molar-refractivity contribution in [3.8, 4) is 0 Å². The molecule has 2 aromatic heterocycles. The molecule has 0 aliphatic carbocycles. The van der Waals surface area contributed by atoms with Crippen LogP contribution in [0.2, 0.25) is 0 Å². The van der Waals surface area contributed by atoms with Crippen LogP contribution in [-0.2, 0) is 13.5 Å². The monoisotopic (exact) mass is 245 g/mol. The Bertz CT molecular complexity index is 709. The minimum absolute atomic E-state index is 0.0821. The molecule has 3 rings (SSSR count). The van der Waals surface area contributed by atoms with Crippen molar-refractivity contribution in [2.45, 2.75) is 6.42 Å². The first kappa shape index (κ1) is 10.3. The smallest absolute Gasteiger partial charge is 0.307 e. The van der Waals surface area contributed by atoms with Gasteiger partial charge in [-0.15, -0.1) is 0 Å². The summed E-state index contributed by atoms with van der Waals surface area (Å²) in [5, 5.41) is 0. The zero-order valence-electron chi connectivity index (χ0n) is 9.30. The summed E-state index contributed by atoms with van der Waals surface area (Å²) in [5.74, 6) is 0. The van der Waals surface area contributed by atoms with Crippen LogP contribution in [0.1, 0.15) is 11.3 Å². The van der Waals surface area contributed by atoms with Crippen molar-refractivity contribution < 1.29 is 0 Å². The highest BCUT2D eigenvalue weighted by Gasteiger charge is 2.05. The summed E-state index contributed by atoms with van der Waals surface area (Å²) >= 11 is 1.29. The number of fused-ring (bicyclic) bond motifs is 1. The standard InChI is InChI=1S/C12H11N3OS/c1-15-10-3-2-8(4-9-6-13-7-14-9)5-11(10)17-12(15)16/h2-3,5-7H,4H2,1H3,(H,13,14). The Kier molecular flexibility index (Phi) is 2.33. The summed E-state index contributed by atoms with van der Waals surface area (Å²) in [6.07, 6.45) is 4.30. The zero-order valence-corrected chi connectivity index (χ0v) is 10.1. The molecule has 0 aliphatic heterocycles. The largest absolute Gasteiger partial charge is 0.348 e. The minimum Gasteiger partial charge on any atom is -0.348 e. The van der Waals surface area contributed by atoms with E-state index in [0.29, 0.717) is 0 Å². The highest BCUT2D eigenvalue weighted by atomic mass is 32.1. The van der Waals surface area contributed by atoms with Crippen molar-refractivity contribution in [2.24, 2.45) is 7.05 Å². The van der Waals surface area contributed by atoms with Gasteiger partial charge in [0.1, 0.15) is 0 Å². The maximum Gasteiger partial charge on any atom is 0.307 e. The molecule has 0 saturated carbocycles. The number of nitrogens with zero attached hydrogens (tertiary/aromatic N) is 2. The third-order valence-corrected chi connectivity index (χ3v) is 3.80. The Morgan fingerprint density at radius 3 is 3.12 bits per heavy atom. The van der Waals surface area contributed by atoms with Gasteiger partial charge in [-0.2, -0.15) is 0 Å². The van der Waals surface area contributed by atoms with E-state index in [-0.39, 0.29) is 4.87 Å². The first-order valence-corrected chi connectivity index (χ1v) is 6.11. The van der Waals surface area contributed by atoms with E-state index in [9.17, 15) is 4.79 Å². The van der Waals surface area contributed by atoms with E-state index in [1.165, 1.54) is 16.9 Å². The van der Waals surface area contributed by atoms with Gasteiger partial charge >= 0.3 is 4.87 Å². The van der Waals surface area contributed by atoms with E-state index in [2.05, 4.69) is 22.1 Å². The molecule has 0 amide bonds. The molecule has 0 atom stereocenters. The summed E-state index contributed by atoms with van der Waals surface area (Å²) in [6, 6.07) is 6.12. The number of aryl methyl sites for hydroxylation is 1.